The summed E-state index contributed by atoms with van der Waals surface area (Å²) >= 11 is 5.92. The number of hydrogen-bond donors (Lipinski definition) is 3. The van der Waals surface area contributed by atoms with Crippen molar-refractivity contribution >= 4 is 29.4 Å². The molecule has 0 aliphatic carbocycles. The van der Waals surface area contributed by atoms with Crippen LogP contribution in [-0.2, 0) is 14.4 Å². The van der Waals surface area contributed by atoms with Crippen LogP contribution in [0.15, 0.2) is 24.3 Å². The molecule has 0 radical (unpaired) electrons. The van der Waals surface area contributed by atoms with Gasteiger partial charge in [0.1, 0.15) is 5.54 Å². The lowest BCUT2D eigenvalue weighted by Crippen LogP contribution is -2.46. The lowest BCUT2D eigenvalue weighted by molar-refractivity contribution is -0.148. The minimum Gasteiger partial charge on any atom is -0.481 e. The Bertz CT molecular complexity index is 678. The molecule has 8 heteroatoms. The quantitative estimate of drug-likeness (QED) is 0.706. The minimum absolute atomic E-state index is 0.00546. The average molecular weight is 369 g/mol. The van der Waals surface area contributed by atoms with Gasteiger partial charge in [0.2, 0.25) is 5.91 Å². The van der Waals surface area contributed by atoms with E-state index in [1.54, 1.807) is 43.1 Å². The maximum absolute atomic E-state index is 12.6. The Balaban J connectivity index is 2.30. The Kier molecular flexibility index (Phi) is 5.69. The summed E-state index contributed by atoms with van der Waals surface area (Å²) in [5.41, 5.74) is -0.408. The highest BCUT2D eigenvalue weighted by atomic mass is 35.5. The molecule has 0 unspecified atom stereocenters. The van der Waals surface area contributed by atoms with Crippen LogP contribution in [0.1, 0.15) is 31.4 Å². The Labute approximate surface area is 150 Å². The maximum Gasteiger partial charge on any atom is 0.323 e. The summed E-state index contributed by atoms with van der Waals surface area (Å²) in [7, 11) is 1.68. The van der Waals surface area contributed by atoms with Gasteiger partial charge in [0.25, 0.3) is 0 Å². The van der Waals surface area contributed by atoms with Crippen molar-refractivity contribution in [3.8, 4) is 0 Å². The van der Waals surface area contributed by atoms with Crippen LogP contribution in [0, 0.1) is 5.92 Å². The predicted octanol–water partition coefficient (Wildman–Crippen LogP) is 1.77. The minimum atomic E-state index is -1.20. The monoisotopic (exact) mass is 368 g/mol. The number of hydrogen-bond acceptors (Lipinski definition) is 4. The number of rotatable bonds is 6. The van der Waals surface area contributed by atoms with Crippen molar-refractivity contribution in [2.45, 2.75) is 31.3 Å². The Hall–Kier alpha value is -2.12. The molecule has 25 heavy (non-hydrogen) atoms. The molecule has 1 aromatic rings. The first-order valence-corrected chi connectivity index (χ1v) is 8.26. The molecule has 1 saturated heterocycles. The van der Waals surface area contributed by atoms with E-state index in [0.717, 1.165) is 5.56 Å². The Morgan fingerprint density at radius 1 is 1.28 bits per heavy atom. The van der Waals surface area contributed by atoms with Crippen molar-refractivity contribution in [2.24, 2.45) is 5.92 Å². The smallest absolute Gasteiger partial charge is 0.323 e. The molecule has 1 amide bonds. The number of nitrogens with zero attached hydrogens (tertiary/aromatic N) is 1. The zero-order chi connectivity index (χ0) is 18.8. The molecule has 136 valence electrons. The van der Waals surface area contributed by atoms with E-state index >= 15 is 0 Å². The van der Waals surface area contributed by atoms with Gasteiger partial charge >= 0.3 is 11.9 Å². The first-order chi connectivity index (χ1) is 11.7. The van der Waals surface area contributed by atoms with Gasteiger partial charge in [0.15, 0.2) is 0 Å². The molecule has 3 N–H and O–H groups in total. The number of halogens is 1. The number of carbonyl (C=O) groups is 3. The van der Waals surface area contributed by atoms with Crippen molar-refractivity contribution < 1.29 is 24.6 Å². The molecule has 1 aliphatic rings. The molecule has 3 atom stereocenters. The van der Waals surface area contributed by atoms with Crippen LogP contribution in [0.25, 0.3) is 0 Å². The van der Waals surface area contributed by atoms with Crippen molar-refractivity contribution in [3.05, 3.63) is 34.9 Å². The zero-order valence-electron chi connectivity index (χ0n) is 14.0. The summed E-state index contributed by atoms with van der Waals surface area (Å²) in [6.45, 7) is 1.59. The molecule has 7 nitrogen and oxygen atoms in total. The van der Waals surface area contributed by atoms with Crippen LogP contribution in [0.5, 0.6) is 0 Å². The van der Waals surface area contributed by atoms with Gasteiger partial charge in [-0.15, -0.1) is 0 Å². The Morgan fingerprint density at radius 3 is 2.40 bits per heavy atom. The molecule has 0 saturated carbocycles. The van der Waals surface area contributed by atoms with Gasteiger partial charge in [0, 0.05) is 17.6 Å². The maximum atomic E-state index is 12.6. The van der Waals surface area contributed by atoms with Crippen LogP contribution in [-0.4, -0.2) is 52.1 Å². The lowest BCUT2D eigenvalue weighted by Gasteiger charge is -2.32. The van der Waals surface area contributed by atoms with Gasteiger partial charge in [-0.1, -0.05) is 23.7 Å². The van der Waals surface area contributed by atoms with Gasteiger partial charge in [-0.05, 0) is 38.1 Å². The summed E-state index contributed by atoms with van der Waals surface area (Å²) in [5, 5.41) is 21.5. The highest BCUT2D eigenvalue weighted by Crippen LogP contribution is 2.46. The number of aliphatic carboxylic acids is 2. The van der Waals surface area contributed by atoms with Gasteiger partial charge in [-0.25, -0.2) is 0 Å². The van der Waals surface area contributed by atoms with E-state index in [2.05, 4.69) is 5.32 Å². The fraction of sp³-hybridized carbons (Fsp3) is 0.471. The normalized spacial score (nSPS) is 26.4. The van der Waals surface area contributed by atoms with E-state index in [4.69, 9.17) is 16.7 Å². The Morgan fingerprint density at radius 2 is 1.88 bits per heavy atom. The molecule has 2 rings (SSSR count). The van der Waals surface area contributed by atoms with Crippen molar-refractivity contribution in [2.75, 3.05) is 13.6 Å². The van der Waals surface area contributed by atoms with Gasteiger partial charge < -0.3 is 15.5 Å². The standard InChI is InChI=1S/C17H21ClN2O5/c1-17(16(24)25)9-12(15(23)19-8-7-13(21)22)14(20(17)2)10-3-5-11(18)6-4-10/h3-6,12,14H,7-9H2,1-2H3,(H,19,23)(H,21,22)(H,24,25)/t12-,14-,17-/m1/s1. The van der Waals surface area contributed by atoms with Gasteiger partial charge in [0.05, 0.1) is 12.3 Å². The highest BCUT2D eigenvalue weighted by molar-refractivity contribution is 6.30. The molecule has 0 bridgehead atoms. The first kappa shape index (κ1) is 19.2. The van der Waals surface area contributed by atoms with E-state index in [9.17, 15) is 19.5 Å². The third-order valence-corrected chi connectivity index (χ3v) is 5.09. The van der Waals surface area contributed by atoms with Gasteiger partial charge in [-0.3, -0.25) is 19.3 Å². The summed E-state index contributed by atoms with van der Waals surface area (Å²) < 4.78 is 0. The third kappa shape index (κ3) is 3.93. The second-order valence-corrected chi connectivity index (χ2v) is 6.87. The van der Waals surface area contributed by atoms with Crippen LogP contribution in [0.3, 0.4) is 0 Å². The number of likely N-dealkylation sites (N-methyl/N-ethyl adjacent to an activating group) is 1. The van der Waals surface area contributed by atoms with Crippen LogP contribution >= 0.6 is 11.6 Å². The molecular formula is C17H21ClN2O5. The van der Waals surface area contributed by atoms with Crippen molar-refractivity contribution in [1.29, 1.82) is 0 Å². The SMILES string of the molecule is CN1[C@H](c2ccc(Cl)cc2)[C@H](C(=O)NCCC(=O)O)C[C@]1(C)C(=O)O. The lowest BCUT2D eigenvalue weighted by atomic mass is 9.89. The molecule has 1 aliphatic heterocycles. The first-order valence-electron chi connectivity index (χ1n) is 7.88. The molecule has 1 fully saturated rings. The fourth-order valence-electron chi connectivity index (χ4n) is 3.27. The van der Waals surface area contributed by atoms with Crippen molar-refractivity contribution in [1.82, 2.24) is 10.2 Å². The number of nitrogens with one attached hydrogen (secondary N) is 1. The topological polar surface area (TPSA) is 107 Å². The number of benzene rings is 1. The second-order valence-electron chi connectivity index (χ2n) is 6.43. The second kappa shape index (κ2) is 7.41. The molecule has 0 spiro atoms. The third-order valence-electron chi connectivity index (χ3n) is 4.84. The molecule has 1 aromatic carbocycles. The summed E-state index contributed by atoms with van der Waals surface area (Å²) in [4.78, 5) is 36.6. The predicted molar refractivity (Wildman–Crippen MR) is 91.4 cm³/mol. The van der Waals surface area contributed by atoms with E-state index in [-0.39, 0.29) is 25.3 Å². The number of carbonyl (C=O) groups excluding carboxylic acids is 1. The molecular weight excluding hydrogens is 348 g/mol. The number of amides is 1. The molecule has 0 aromatic heterocycles. The zero-order valence-corrected chi connectivity index (χ0v) is 14.8. The summed E-state index contributed by atoms with van der Waals surface area (Å²) in [6.07, 6.45) is -0.0544. The van der Waals surface area contributed by atoms with Crippen LogP contribution < -0.4 is 5.32 Å². The van der Waals surface area contributed by atoms with E-state index in [1.165, 1.54) is 0 Å². The number of carboxylic acids is 2. The summed E-state index contributed by atoms with van der Waals surface area (Å²) in [5.74, 6) is -2.97. The van der Waals surface area contributed by atoms with E-state index in [1.807, 2.05) is 0 Å². The fourth-order valence-corrected chi connectivity index (χ4v) is 3.40. The summed E-state index contributed by atoms with van der Waals surface area (Å²) in [6, 6.07) is 6.49. The van der Waals surface area contributed by atoms with E-state index < -0.39 is 29.4 Å². The highest BCUT2D eigenvalue weighted by Gasteiger charge is 2.54. The largest absolute Gasteiger partial charge is 0.481 e. The number of likely N-dealkylation sites (tertiary alicyclic amines) is 1. The number of carboxylic acid groups (broad SMARTS) is 2. The van der Waals surface area contributed by atoms with E-state index in [0.29, 0.717) is 5.02 Å². The van der Waals surface area contributed by atoms with Crippen molar-refractivity contribution in [3.63, 3.8) is 0 Å². The van der Waals surface area contributed by atoms with Gasteiger partial charge in [-0.2, -0.15) is 0 Å². The van der Waals surface area contributed by atoms with Crippen LogP contribution in [0.4, 0.5) is 0 Å². The average Bonchev–Trinajstić information content (AvgIpc) is 2.81. The van der Waals surface area contributed by atoms with Crippen LogP contribution in [0.2, 0.25) is 5.02 Å². The molecule has 1 heterocycles.